The molecule has 0 bridgehead atoms. The Morgan fingerprint density at radius 3 is 2.82 bits per heavy atom. The smallest absolute Gasteiger partial charge is 0.130 e. The van der Waals surface area contributed by atoms with Gasteiger partial charge < -0.3 is 5.32 Å². The Morgan fingerprint density at radius 2 is 2.06 bits per heavy atom. The van der Waals surface area contributed by atoms with E-state index in [1.54, 1.807) is 30.5 Å². The second-order valence-corrected chi connectivity index (χ2v) is 4.55. The maximum Gasteiger partial charge on any atom is 0.130 e. The van der Waals surface area contributed by atoms with Crippen molar-refractivity contribution in [2.45, 2.75) is 23.3 Å². The van der Waals surface area contributed by atoms with Gasteiger partial charge >= 0.3 is 0 Å². The molecule has 2 aromatic rings. The van der Waals surface area contributed by atoms with Crippen molar-refractivity contribution >= 4 is 17.6 Å². The summed E-state index contributed by atoms with van der Waals surface area (Å²) < 4.78 is 0. The number of rotatable bonds is 5. The Labute approximate surface area is 105 Å². The van der Waals surface area contributed by atoms with Crippen molar-refractivity contribution in [1.82, 2.24) is 15.0 Å². The first-order chi connectivity index (χ1) is 8.38. The molecule has 17 heavy (non-hydrogen) atoms. The van der Waals surface area contributed by atoms with Crippen LogP contribution < -0.4 is 5.32 Å². The van der Waals surface area contributed by atoms with Gasteiger partial charge in [0.15, 0.2) is 0 Å². The molecule has 0 unspecified atom stereocenters. The van der Waals surface area contributed by atoms with Crippen LogP contribution in [-0.4, -0.2) is 21.5 Å². The fraction of sp³-hybridized carbons (Fsp3) is 0.250. The molecular weight excluding hydrogens is 232 g/mol. The van der Waals surface area contributed by atoms with Crippen molar-refractivity contribution in [3.8, 4) is 0 Å². The summed E-state index contributed by atoms with van der Waals surface area (Å²) in [6, 6.07) is 5.89. The average molecular weight is 246 g/mol. The Morgan fingerprint density at radius 1 is 1.24 bits per heavy atom. The normalized spacial score (nSPS) is 10.2. The number of anilines is 1. The van der Waals surface area contributed by atoms with E-state index in [1.807, 2.05) is 18.2 Å². The summed E-state index contributed by atoms with van der Waals surface area (Å²) in [5.41, 5.74) is 0. The van der Waals surface area contributed by atoms with Crippen LogP contribution in [-0.2, 0) is 0 Å². The number of nitrogens with zero attached hydrogens (tertiary/aromatic N) is 3. The Bertz CT molecular complexity index is 461. The van der Waals surface area contributed by atoms with Gasteiger partial charge in [-0.2, -0.15) is 0 Å². The summed E-state index contributed by atoms with van der Waals surface area (Å²) in [5, 5.41) is 4.18. The summed E-state index contributed by atoms with van der Waals surface area (Å²) in [6.45, 7) is 3.05. The number of hydrogen-bond donors (Lipinski definition) is 1. The van der Waals surface area contributed by atoms with Crippen LogP contribution in [0.4, 0.5) is 5.82 Å². The highest BCUT2D eigenvalue weighted by molar-refractivity contribution is 7.99. The molecule has 0 aromatic carbocycles. The molecule has 0 saturated heterocycles. The van der Waals surface area contributed by atoms with Gasteiger partial charge in [-0.3, -0.25) is 4.98 Å². The molecule has 1 N–H and O–H groups in total. The lowest BCUT2D eigenvalue weighted by Crippen LogP contribution is -2.02. The van der Waals surface area contributed by atoms with E-state index in [4.69, 9.17) is 0 Å². The minimum absolute atomic E-state index is 0.874. The van der Waals surface area contributed by atoms with Crippen LogP contribution in [0.5, 0.6) is 0 Å². The van der Waals surface area contributed by atoms with Crippen molar-refractivity contribution < 1.29 is 0 Å². The predicted octanol–water partition coefficient (Wildman–Crippen LogP) is 2.84. The summed E-state index contributed by atoms with van der Waals surface area (Å²) in [4.78, 5) is 13.5. The van der Waals surface area contributed by atoms with Crippen LogP contribution in [0.1, 0.15) is 13.3 Å². The quantitative estimate of drug-likeness (QED) is 0.822. The molecule has 0 radical (unpaired) electrons. The zero-order valence-electron chi connectivity index (χ0n) is 9.63. The fourth-order valence-corrected chi connectivity index (χ4v) is 2.04. The lowest BCUT2D eigenvalue weighted by atomic mass is 10.4. The van der Waals surface area contributed by atoms with E-state index >= 15 is 0 Å². The van der Waals surface area contributed by atoms with E-state index in [1.165, 1.54) is 0 Å². The van der Waals surface area contributed by atoms with Crippen LogP contribution >= 0.6 is 11.8 Å². The Hall–Kier alpha value is -1.62. The third kappa shape index (κ3) is 3.71. The predicted molar refractivity (Wildman–Crippen MR) is 69.2 cm³/mol. The molecule has 88 valence electrons. The van der Waals surface area contributed by atoms with Crippen molar-refractivity contribution in [3.63, 3.8) is 0 Å². The first-order valence-corrected chi connectivity index (χ1v) is 6.34. The molecule has 5 heteroatoms. The minimum Gasteiger partial charge on any atom is -0.370 e. The highest BCUT2D eigenvalue weighted by Crippen LogP contribution is 2.25. The Balaban J connectivity index is 2.06. The number of pyridine rings is 1. The molecule has 0 aliphatic carbocycles. The van der Waals surface area contributed by atoms with Crippen molar-refractivity contribution in [2.24, 2.45) is 0 Å². The molecule has 2 aromatic heterocycles. The number of hydrogen-bond acceptors (Lipinski definition) is 5. The lowest BCUT2D eigenvalue weighted by molar-refractivity contribution is 0.953. The van der Waals surface area contributed by atoms with E-state index < -0.39 is 0 Å². The van der Waals surface area contributed by atoms with Crippen molar-refractivity contribution in [3.05, 3.63) is 36.9 Å². The zero-order valence-corrected chi connectivity index (χ0v) is 10.4. The molecule has 0 saturated carbocycles. The van der Waals surface area contributed by atoms with Gasteiger partial charge in [0.05, 0.1) is 0 Å². The van der Waals surface area contributed by atoms with Crippen LogP contribution in [0.3, 0.4) is 0 Å². The third-order valence-electron chi connectivity index (χ3n) is 2.07. The molecule has 0 amide bonds. The van der Waals surface area contributed by atoms with Crippen LogP contribution in [0.2, 0.25) is 0 Å². The van der Waals surface area contributed by atoms with Gasteiger partial charge in [0, 0.05) is 29.9 Å². The van der Waals surface area contributed by atoms with E-state index in [2.05, 4.69) is 27.2 Å². The zero-order chi connectivity index (χ0) is 11.9. The summed E-state index contributed by atoms with van der Waals surface area (Å²) in [5.74, 6) is 0.874. The summed E-state index contributed by atoms with van der Waals surface area (Å²) >= 11 is 1.60. The molecular formula is C12H14N4S. The van der Waals surface area contributed by atoms with E-state index in [-0.39, 0.29) is 0 Å². The van der Waals surface area contributed by atoms with Gasteiger partial charge in [-0.1, -0.05) is 18.7 Å². The van der Waals surface area contributed by atoms with Crippen molar-refractivity contribution in [2.75, 3.05) is 11.9 Å². The maximum absolute atomic E-state index is 4.23. The van der Waals surface area contributed by atoms with Crippen LogP contribution in [0, 0.1) is 0 Å². The van der Waals surface area contributed by atoms with Crippen LogP contribution in [0.15, 0.2) is 46.8 Å². The van der Waals surface area contributed by atoms with Gasteiger partial charge in [0.2, 0.25) is 0 Å². The number of nitrogens with one attached hydrogen (secondary N) is 1. The van der Waals surface area contributed by atoms with Crippen LogP contribution in [0.25, 0.3) is 0 Å². The standard InChI is InChI=1S/C12H14N4S/c1-2-5-14-11-8-12(16-9-15-11)17-10-3-6-13-7-4-10/h3-4,6-9H,2,5H2,1H3,(H,14,15,16). The molecule has 0 fully saturated rings. The largest absolute Gasteiger partial charge is 0.370 e. The third-order valence-corrected chi connectivity index (χ3v) is 3.01. The lowest BCUT2D eigenvalue weighted by Gasteiger charge is -2.05. The van der Waals surface area contributed by atoms with E-state index in [9.17, 15) is 0 Å². The molecule has 2 heterocycles. The monoisotopic (exact) mass is 246 g/mol. The average Bonchev–Trinajstić information content (AvgIpc) is 2.38. The number of aromatic nitrogens is 3. The molecule has 0 atom stereocenters. The van der Waals surface area contributed by atoms with Gasteiger partial charge in [-0.15, -0.1) is 0 Å². The highest BCUT2D eigenvalue weighted by Gasteiger charge is 2.00. The van der Waals surface area contributed by atoms with E-state index in [0.29, 0.717) is 0 Å². The van der Waals surface area contributed by atoms with Gasteiger partial charge in [0.25, 0.3) is 0 Å². The highest BCUT2D eigenvalue weighted by atomic mass is 32.2. The molecule has 0 aliphatic heterocycles. The second kappa shape index (κ2) is 6.20. The molecule has 2 rings (SSSR count). The fourth-order valence-electron chi connectivity index (χ4n) is 1.27. The maximum atomic E-state index is 4.23. The minimum atomic E-state index is 0.874. The van der Waals surface area contributed by atoms with Gasteiger partial charge in [-0.05, 0) is 18.6 Å². The topological polar surface area (TPSA) is 50.7 Å². The van der Waals surface area contributed by atoms with Gasteiger partial charge in [0.1, 0.15) is 17.2 Å². The second-order valence-electron chi connectivity index (χ2n) is 3.45. The molecule has 0 spiro atoms. The first kappa shape index (κ1) is 11.9. The Kier molecular flexibility index (Phi) is 4.32. The first-order valence-electron chi connectivity index (χ1n) is 5.52. The molecule has 0 aliphatic rings. The van der Waals surface area contributed by atoms with Crippen molar-refractivity contribution in [1.29, 1.82) is 0 Å². The van der Waals surface area contributed by atoms with E-state index in [0.717, 1.165) is 28.7 Å². The SMILES string of the molecule is CCCNc1cc(Sc2ccncc2)ncn1. The van der Waals surface area contributed by atoms with Gasteiger partial charge in [-0.25, -0.2) is 9.97 Å². The summed E-state index contributed by atoms with van der Waals surface area (Å²) in [6.07, 6.45) is 6.22. The summed E-state index contributed by atoms with van der Waals surface area (Å²) in [7, 11) is 0. The molecule has 4 nitrogen and oxygen atoms in total.